The minimum absolute atomic E-state index is 0.912. The van der Waals surface area contributed by atoms with Gasteiger partial charge >= 0.3 is 0 Å². The monoisotopic (exact) mass is 194 g/mol. The highest BCUT2D eigenvalue weighted by Gasteiger charge is 2.45. The molecule has 0 radical (unpaired) electrons. The van der Waals surface area contributed by atoms with E-state index in [1.54, 1.807) is 0 Å². The lowest BCUT2D eigenvalue weighted by molar-refractivity contribution is 0.148. The standard InChI is InChI=1S/C14H26/c1-9(2)13(11-5-6-11)14(10(3)4)12-7-8-12/h9-14H,5-8H2,1-4H3. The maximum absolute atomic E-state index is 2.45. The SMILES string of the molecule is CC(C)C(C1CC1)C(C(C)C)C1CC1. The molecule has 2 rings (SSSR count). The van der Waals surface area contributed by atoms with Gasteiger partial charge in [-0.25, -0.2) is 0 Å². The van der Waals surface area contributed by atoms with Gasteiger partial charge in [0.2, 0.25) is 0 Å². The highest BCUT2D eigenvalue weighted by Crippen LogP contribution is 2.53. The first-order valence-electron chi connectivity index (χ1n) is 6.61. The Morgan fingerprint density at radius 2 is 0.929 bits per heavy atom. The van der Waals surface area contributed by atoms with E-state index in [1.165, 1.54) is 25.7 Å². The molecule has 0 aromatic heterocycles. The fourth-order valence-electron chi connectivity index (χ4n) is 3.57. The summed E-state index contributed by atoms with van der Waals surface area (Å²) in [6, 6.07) is 0. The molecule has 2 atom stereocenters. The van der Waals surface area contributed by atoms with Gasteiger partial charge in [0.1, 0.15) is 0 Å². The highest BCUT2D eigenvalue weighted by molar-refractivity contribution is 4.94. The molecule has 0 heterocycles. The normalized spacial score (nSPS) is 27.0. The topological polar surface area (TPSA) is 0 Å². The third-order valence-corrected chi connectivity index (χ3v) is 4.32. The van der Waals surface area contributed by atoms with Crippen molar-refractivity contribution in [1.29, 1.82) is 0 Å². The molecule has 82 valence electrons. The lowest BCUT2D eigenvalue weighted by Gasteiger charge is -2.33. The van der Waals surface area contributed by atoms with Crippen molar-refractivity contribution >= 4 is 0 Å². The molecular formula is C14H26. The average molecular weight is 194 g/mol. The van der Waals surface area contributed by atoms with Gasteiger partial charge in [0.15, 0.2) is 0 Å². The quantitative estimate of drug-likeness (QED) is 0.610. The molecule has 0 bridgehead atoms. The Balaban J connectivity index is 2.04. The summed E-state index contributed by atoms with van der Waals surface area (Å²) in [5.41, 5.74) is 0. The Labute approximate surface area is 89.5 Å². The van der Waals surface area contributed by atoms with Crippen LogP contribution in [0, 0.1) is 35.5 Å². The maximum atomic E-state index is 2.45. The number of hydrogen-bond acceptors (Lipinski definition) is 0. The molecule has 2 fully saturated rings. The highest BCUT2D eigenvalue weighted by atomic mass is 14.5. The Kier molecular flexibility index (Phi) is 2.91. The third-order valence-electron chi connectivity index (χ3n) is 4.32. The van der Waals surface area contributed by atoms with Crippen LogP contribution in [0.15, 0.2) is 0 Å². The molecular weight excluding hydrogens is 168 g/mol. The molecule has 0 saturated heterocycles. The van der Waals surface area contributed by atoms with E-state index in [2.05, 4.69) is 27.7 Å². The smallest absolute Gasteiger partial charge is 0.0329 e. The van der Waals surface area contributed by atoms with Crippen molar-refractivity contribution in [2.45, 2.75) is 53.4 Å². The summed E-state index contributed by atoms with van der Waals surface area (Å²) < 4.78 is 0. The molecule has 0 aromatic carbocycles. The molecule has 0 aromatic rings. The summed E-state index contributed by atoms with van der Waals surface area (Å²) in [6.45, 7) is 9.78. The van der Waals surface area contributed by atoms with Crippen LogP contribution in [0.5, 0.6) is 0 Å². The van der Waals surface area contributed by atoms with E-state index >= 15 is 0 Å². The Hall–Kier alpha value is 0. The van der Waals surface area contributed by atoms with Crippen LogP contribution in [0.25, 0.3) is 0 Å². The van der Waals surface area contributed by atoms with Crippen LogP contribution in [0.3, 0.4) is 0 Å². The number of rotatable bonds is 5. The van der Waals surface area contributed by atoms with Crippen LogP contribution < -0.4 is 0 Å². The van der Waals surface area contributed by atoms with E-state index in [-0.39, 0.29) is 0 Å². The van der Waals surface area contributed by atoms with Crippen molar-refractivity contribution in [3.8, 4) is 0 Å². The predicted octanol–water partition coefficient (Wildman–Crippen LogP) is 4.35. The second-order valence-corrected chi connectivity index (χ2v) is 6.32. The van der Waals surface area contributed by atoms with Crippen molar-refractivity contribution in [3.05, 3.63) is 0 Å². The Bertz CT molecular complexity index is 158. The largest absolute Gasteiger partial charge is 0.0625 e. The Morgan fingerprint density at radius 1 is 0.643 bits per heavy atom. The molecule has 0 amide bonds. The van der Waals surface area contributed by atoms with Crippen LogP contribution in [-0.4, -0.2) is 0 Å². The van der Waals surface area contributed by atoms with E-state index in [0.29, 0.717) is 0 Å². The molecule has 0 N–H and O–H groups in total. The lowest BCUT2D eigenvalue weighted by atomic mass is 9.72. The van der Waals surface area contributed by atoms with Crippen LogP contribution >= 0.6 is 0 Å². The first kappa shape index (κ1) is 10.5. The fourth-order valence-corrected chi connectivity index (χ4v) is 3.57. The van der Waals surface area contributed by atoms with Gasteiger partial charge in [-0.3, -0.25) is 0 Å². The summed E-state index contributed by atoms with van der Waals surface area (Å²) in [5.74, 6) is 6.11. The molecule has 2 aliphatic carbocycles. The third kappa shape index (κ3) is 2.15. The molecule has 2 saturated carbocycles. The summed E-state index contributed by atoms with van der Waals surface area (Å²) in [6.07, 6.45) is 6.11. The van der Waals surface area contributed by atoms with E-state index in [0.717, 1.165) is 35.5 Å². The molecule has 0 nitrogen and oxygen atoms in total. The summed E-state index contributed by atoms with van der Waals surface area (Å²) >= 11 is 0. The summed E-state index contributed by atoms with van der Waals surface area (Å²) in [5, 5.41) is 0. The molecule has 2 unspecified atom stereocenters. The van der Waals surface area contributed by atoms with Crippen LogP contribution in [0.4, 0.5) is 0 Å². The van der Waals surface area contributed by atoms with Crippen molar-refractivity contribution in [2.24, 2.45) is 35.5 Å². The van der Waals surface area contributed by atoms with E-state index in [9.17, 15) is 0 Å². The van der Waals surface area contributed by atoms with Gasteiger partial charge in [-0.05, 0) is 61.2 Å². The van der Waals surface area contributed by atoms with Crippen molar-refractivity contribution in [1.82, 2.24) is 0 Å². The zero-order valence-corrected chi connectivity index (χ0v) is 10.3. The van der Waals surface area contributed by atoms with Crippen LogP contribution in [0.2, 0.25) is 0 Å². The Morgan fingerprint density at radius 3 is 1.07 bits per heavy atom. The van der Waals surface area contributed by atoms with Gasteiger partial charge in [-0.15, -0.1) is 0 Å². The molecule has 14 heavy (non-hydrogen) atoms. The minimum atomic E-state index is 0.912. The van der Waals surface area contributed by atoms with Gasteiger partial charge in [0, 0.05) is 0 Å². The maximum Gasteiger partial charge on any atom is -0.0329 e. The molecule has 0 aliphatic heterocycles. The predicted molar refractivity (Wildman–Crippen MR) is 62.1 cm³/mol. The zero-order valence-electron chi connectivity index (χ0n) is 10.3. The summed E-state index contributed by atoms with van der Waals surface area (Å²) in [7, 11) is 0. The van der Waals surface area contributed by atoms with Crippen molar-refractivity contribution in [3.63, 3.8) is 0 Å². The second-order valence-electron chi connectivity index (χ2n) is 6.32. The van der Waals surface area contributed by atoms with Crippen LogP contribution in [0.1, 0.15) is 53.4 Å². The lowest BCUT2D eigenvalue weighted by Crippen LogP contribution is -2.28. The fraction of sp³-hybridized carbons (Fsp3) is 1.00. The molecule has 0 heteroatoms. The van der Waals surface area contributed by atoms with E-state index in [4.69, 9.17) is 0 Å². The van der Waals surface area contributed by atoms with Crippen molar-refractivity contribution in [2.75, 3.05) is 0 Å². The number of hydrogen-bond donors (Lipinski definition) is 0. The van der Waals surface area contributed by atoms with Gasteiger partial charge in [-0.2, -0.15) is 0 Å². The molecule has 2 aliphatic rings. The average Bonchev–Trinajstić information content (AvgIpc) is 2.91. The van der Waals surface area contributed by atoms with Gasteiger partial charge in [0.25, 0.3) is 0 Å². The second kappa shape index (κ2) is 3.87. The summed E-state index contributed by atoms with van der Waals surface area (Å²) in [4.78, 5) is 0. The van der Waals surface area contributed by atoms with E-state index < -0.39 is 0 Å². The first-order chi connectivity index (χ1) is 6.61. The molecule has 0 spiro atoms. The first-order valence-corrected chi connectivity index (χ1v) is 6.61. The zero-order chi connectivity index (χ0) is 10.3. The van der Waals surface area contributed by atoms with Gasteiger partial charge in [-0.1, -0.05) is 27.7 Å². The van der Waals surface area contributed by atoms with Crippen molar-refractivity contribution < 1.29 is 0 Å². The van der Waals surface area contributed by atoms with Crippen LogP contribution in [-0.2, 0) is 0 Å². The van der Waals surface area contributed by atoms with Gasteiger partial charge < -0.3 is 0 Å². The van der Waals surface area contributed by atoms with E-state index in [1.807, 2.05) is 0 Å². The minimum Gasteiger partial charge on any atom is -0.0625 e. The van der Waals surface area contributed by atoms with Gasteiger partial charge in [0.05, 0.1) is 0 Å².